The smallest absolute Gasteiger partial charge is 0.332 e. The molecule has 1 aliphatic carbocycles. The van der Waals surface area contributed by atoms with Gasteiger partial charge in [0, 0.05) is 20.4 Å². The lowest BCUT2D eigenvalue weighted by Gasteiger charge is -2.23. The van der Waals surface area contributed by atoms with Gasteiger partial charge in [-0.15, -0.1) is 0 Å². The number of aromatic nitrogens is 4. The van der Waals surface area contributed by atoms with E-state index in [0.29, 0.717) is 12.5 Å². The lowest BCUT2D eigenvalue weighted by Crippen LogP contribution is -2.39. The fourth-order valence-electron chi connectivity index (χ4n) is 4.17. The van der Waals surface area contributed by atoms with Crippen molar-refractivity contribution in [1.82, 2.24) is 19.1 Å². The largest absolute Gasteiger partial charge is 0.460 e. The van der Waals surface area contributed by atoms with E-state index >= 15 is 4.39 Å². The van der Waals surface area contributed by atoms with Crippen LogP contribution in [0.2, 0.25) is 5.15 Å². The number of carbonyl (C=O) groups excluding carboxylic acids is 2. The number of carbonyl (C=O) groups is 2. The minimum absolute atomic E-state index is 0.0317. The molecule has 0 amide bonds. The van der Waals surface area contributed by atoms with E-state index in [4.69, 9.17) is 31.5 Å². The highest BCUT2D eigenvalue weighted by molar-refractivity contribution is 6.33. The number of ether oxygens (including phenoxy) is 3. The normalized spacial score (nSPS) is 25.8. The van der Waals surface area contributed by atoms with Gasteiger partial charge in [-0.05, 0) is 25.2 Å². The first-order chi connectivity index (χ1) is 15.6. The second kappa shape index (κ2) is 8.90. The highest BCUT2D eigenvalue weighted by Crippen LogP contribution is 2.39. The van der Waals surface area contributed by atoms with Crippen molar-refractivity contribution in [2.24, 2.45) is 5.92 Å². The summed E-state index contributed by atoms with van der Waals surface area (Å²) in [7, 11) is 0. The van der Waals surface area contributed by atoms with Crippen molar-refractivity contribution in [3.63, 3.8) is 0 Å². The van der Waals surface area contributed by atoms with Gasteiger partial charge < -0.3 is 19.9 Å². The van der Waals surface area contributed by atoms with E-state index in [1.54, 1.807) is 6.92 Å². The van der Waals surface area contributed by atoms with Gasteiger partial charge in [0.15, 0.2) is 29.3 Å². The Kier molecular flexibility index (Phi) is 6.32. The van der Waals surface area contributed by atoms with Crippen LogP contribution in [-0.4, -0.2) is 55.5 Å². The van der Waals surface area contributed by atoms with E-state index in [1.165, 1.54) is 11.5 Å². The molecule has 0 unspecified atom stereocenters. The SMILES string of the molecule is CC[C@H](OC(C)=O)[C@H]1O[C@@H](n2c(=O)n(CC3CC3)c3c(Cl)nc(N)nc32)[C@H](OC(C)=O)[C@H]1F. The Morgan fingerprint density at radius 2 is 2.00 bits per heavy atom. The number of hydrogen-bond donors (Lipinski definition) is 1. The first kappa shape index (κ1) is 23.4. The number of nitrogens with two attached hydrogens (primary N) is 1. The number of hydrogen-bond acceptors (Lipinski definition) is 9. The van der Waals surface area contributed by atoms with Gasteiger partial charge in [0.05, 0.1) is 0 Å². The lowest BCUT2D eigenvalue weighted by atomic mass is 10.0. The molecule has 2 fully saturated rings. The predicted octanol–water partition coefficient (Wildman–Crippen LogP) is 1.75. The summed E-state index contributed by atoms with van der Waals surface area (Å²) in [5.41, 5.74) is 5.47. The number of rotatable bonds is 7. The molecule has 0 bridgehead atoms. The van der Waals surface area contributed by atoms with Crippen molar-refractivity contribution in [1.29, 1.82) is 0 Å². The molecule has 2 aromatic heterocycles. The molecule has 1 aliphatic heterocycles. The van der Waals surface area contributed by atoms with Crippen molar-refractivity contribution in [2.45, 2.75) is 77.3 Å². The van der Waals surface area contributed by atoms with Crippen molar-refractivity contribution in [2.75, 3.05) is 5.73 Å². The Labute approximate surface area is 192 Å². The molecular formula is C20H25ClFN5O6. The van der Waals surface area contributed by atoms with Crippen LogP contribution in [0.1, 0.15) is 46.3 Å². The van der Waals surface area contributed by atoms with E-state index in [0.717, 1.165) is 24.3 Å². The number of alkyl halides is 1. The Morgan fingerprint density at radius 1 is 1.30 bits per heavy atom. The Balaban J connectivity index is 1.85. The van der Waals surface area contributed by atoms with Crippen LogP contribution in [0.5, 0.6) is 0 Å². The van der Waals surface area contributed by atoms with E-state index in [1.807, 2.05) is 0 Å². The molecule has 4 rings (SSSR count). The zero-order chi connectivity index (χ0) is 24.0. The Morgan fingerprint density at radius 3 is 2.58 bits per heavy atom. The second-order valence-electron chi connectivity index (χ2n) is 8.32. The third-order valence-corrected chi connectivity index (χ3v) is 6.02. The second-order valence-corrected chi connectivity index (χ2v) is 8.68. The molecule has 0 spiro atoms. The monoisotopic (exact) mass is 485 g/mol. The molecule has 0 aromatic carbocycles. The summed E-state index contributed by atoms with van der Waals surface area (Å²) in [6.07, 6.45) is -4.86. The number of nitrogen functional groups attached to an aromatic ring is 1. The summed E-state index contributed by atoms with van der Waals surface area (Å²) in [6.45, 7) is 4.38. The topological polar surface area (TPSA) is 141 Å². The first-order valence-electron chi connectivity index (χ1n) is 10.7. The predicted molar refractivity (Wildman–Crippen MR) is 114 cm³/mol. The molecular weight excluding hydrogens is 461 g/mol. The molecule has 33 heavy (non-hydrogen) atoms. The molecule has 180 valence electrons. The van der Waals surface area contributed by atoms with Gasteiger partial charge in [0.2, 0.25) is 5.95 Å². The highest BCUT2D eigenvalue weighted by Gasteiger charge is 2.53. The van der Waals surface area contributed by atoms with Crippen LogP contribution in [0.15, 0.2) is 4.79 Å². The van der Waals surface area contributed by atoms with Crippen molar-refractivity contribution < 1.29 is 28.2 Å². The number of anilines is 1. The maximum atomic E-state index is 15.6. The summed E-state index contributed by atoms with van der Waals surface area (Å²) < 4.78 is 34.4. The van der Waals surface area contributed by atoms with Crippen LogP contribution in [0.25, 0.3) is 11.2 Å². The zero-order valence-electron chi connectivity index (χ0n) is 18.4. The molecule has 0 radical (unpaired) electrons. The third-order valence-electron chi connectivity index (χ3n) is 5.76. The number of esters is 2. The van der Waals surface area contributed by atoms with Gasteiger partial charge in [-0.25, -0.2) is 13.8 Å². The van der Waals surface area contributed by atoms with Crippen molar-refractivity contribution in [3.8, 4) is 0 Å². The van der Waals surface area contributed by atoms with Crippen LogP contribution in [0.3, 0.4) is 0 Å². The van der Waals surface area contributed by atoms with Crippen molar-refractivity contribution in [3.05, 3.63) is 15.6 Å². The molecule has 2 aromatic rings. The highest BCUT2D eigenvalue weighted by atomic mass is 35.5. The van der Waals surface area contributed by atoms with Gasteiger partial charge in [0.1, 0.15) is 17.7 Å². The fourth-order valence-corrected chi connectivity index (χ4v) is 4.45. The minimum Gasteiger partial charge on any atom is -0.460 e. The number of halogens is 2. The summed E-state index contributed by atoms with van der Waals surface area (Å²) in [5.74, 6) is -1.28. The molecule has 2 aliphatic rings. The first-order valence-corrected chi connectivity index (χ1v) is 11.1. The van der Waals surface area contributed by atoms with Gasteiger partial charge in [-0.3, -0.25) is 14.2 Å². The molecule has 11 nitrogen and oxygen atoms in total. The third kappa shape index (κ3) is 4.41. The molecule has 5 atom stereocenters. The zero-order valence-corrected chi connectivity index (χ0v) is 19.1. The minimum atomic E-state index is -1.88. The summed E-state index contributed by atoms with van der Waals surface area (Å²) in [5, 5.41) is -0.0317. The Hall–Kier alpha value is -2.73. The molecule has 3 heterocycles. The molecule has 1 saturated carbocycles. The van der Waals surface area contributed by atoms with Crippen molar-refractivity contribution >= 4 is 40.7 Å². The van der Waals surface area contributed by atoms with Crippen LogP contribution in [-0.2, 0) is 30.3 Å². The van der Waals surface area contributed by atoms with E-state index in [-0.39, 0.29) is 28.7 Å². The molecule has 13 heteroatoms. The van der Waals surface area contributed by atoms with Crippen LogP contribution < -0.4 is 11.4 Å². The van der Waals surface area contributed by atoms with Gasteiger partial charge in [-0.1, -0.05) is 18.5 Å². The fraction of sp³-hybridized carbons (Fsp3) is 0.650. The Bertz CT molecular complexity index is 1150. The van der Waals surface area contributed by atoms with Gasteiger partial charge >= 0.3 is 17.6 Å². The van der Waals surface area contributed by atoms with Crippen LogP contribution in [0.4, 0.5) is 10.3 Å². The quantitative estimate of drug-likeness (QED) is 0.458. The molecule has 2 N–H and O–H groups in total. The van der Waals surface area contributed by atoms with Crippen LogP contribution >= 0.6 is 11.6 Å². The standard InChI is InChI=1S/C20H25ClFN5O6/c1-4-11(31-8(2)28)14-12(22)15(32-9(3)29)18(33-14)27-17-13(16(21)24-19(23)25-17)26(20(27)30)7-10-5-6-10/h10-12,14-15,18H,4-7H2,1-3H3,(H2,23,24,25)/t11-,12-,14+,15+,18+/m0/s1. The van der Waals surface area contributed by atoms with Crippen LogP contribution in [0, 0.1) is 5.92 Å². The maximum absolute atomic E-state index is 15.6. The summed E-state index contributed by atoms with van der Waals surface area (Å²) in [6, 6.07) is 0. The summed E-state index contributed by atoms with van der Waals surface area (Å²) in [4.78, 5) is 44.9. The number of imidazole rings is 1. The van der Waals surface area contributed by atoms with E-state index < -0.39 is 48.3 Å². The summed E-state index contributed by atoms with van der Waals surface area (Å²) >= 11 is 6.31. The molecule has 1 saturated heterocycles. The average molecular weight is 486 g/mol. The van der Waals surface area contributed by atoms with Gasteiger partial charge in [-0.2, -0.15) is 9.97 Å². The average Bonchev–Trinajstić information content (AvgIpc) is 3.44. The maximum Gasteiger partial charge on any atom is 0.332 e. The van der Waals surface area contributed by atoms with E-state index in [9.17, 15) is 14.4 Å². The number of fused-ring (bicyclic) bond motifs is 1. The van der Waals surface area contributed by atoms with E-state index in [2.05, 4.69) is 9.97 Å². The number of nitrogens with zero attached hydrogens (tertiary/aromatic N) is 4. The lowest BCUT2D eigenvalue weighted by molar-refractivity contribution is -0.159. The van der Waals surface area contributed by atoms with Gasteiger partial charge in [0.25, 0.3) is 0 Å².